The van der Waals surface area contributed by atoms with E-state index in [-0.39, 0.29) is 11.8 Å². The molecule has 2 aromatic rings. The van der Waals surface area contributed by atoms with Crippen LogP contribution in [0.3, 0.4) is 0 Å². The first kappa shape index (κ1) is 21.8. The second-order valence-corrected chi connectivity index (χ2v) is 9.13. The Kier molecular flexibility index (Phi) is 7.23. The number of amides is 1. The molecule has 166 valence electrons. The predicted octanol–water partition coefficient (Wildman–Crippen LogP) is 4.43. The number of hydrogen-bond donors (Lipinski definition) is 0. The minimum atomic E-state index is 0.162. The van der Waals surface area contributed by atoms with E-state index >= 15 is 0 Å². The zero-order valence-corrected chi connectivity index (χ0v) is 19.1. The number of aryl methyl sites for hydroxylation is 2. The number of benzene rings is 1. The molecule has 2 aliphatic rings. The van der Waals surface area contributed by atoms with Crippen molar-refractivity contribution in [2.24, 2.45) is 5.92 Å². The number of carbonyl (C=O) groups excluding carboxylic acids is 1. The largest absolute Gasteiger partial charge is 0.369 e. The van der Waals surface area contributed by atoms with E-state index in [1.807, 2.05) is 24.1 Å². The monoisotopic (exact) mass is 420 g/mol. The SMILES string of the molecule is Cc1ccc(N(CCN2CCN(c3ccccc3C)CC2)C(=O)C2CCCCC2)nc1. The summed E-state index contributed by atoms with van der Waals surface area (Å²) in [7, 11) is 0. The van der Waals surface area contributed by atoms with E-state index in [1.165, 1.54) is 30.5 Å². The molecule has 2 heterocycles. The Morgan fingerprint density at radius 1 is 1.00 bits per heavy atom. The summed E-state index contributed by atoms with van der Waals surface area (Å²) in [6.45, 7) is 9.96. The maximum atomic E-state index is 13.4. The van der Waals surface area contributed by atoms with Crippen LogP contribution in [0.25, 0.3) is 0 Å². The summed E-state index contributed by atoms with van der Waals surface area (Å²) >= 11 is 0. The van der Waals surface area contributed by atoms with Gasteiger partial charge in [-0.15, -0.1) is 0 Å². The molecule has 1 aliphatic heterocycles. The van der Waals surface area contributed by atoms with E-state index in [1.54, 1.807) is 0 Å². The van der Waals surface area contributed by atoms with Gasteiger partial charge in [0, 0.05) is 57.1 Å². The van der Waals surface area contributed by atoms with Crippen LogP contribution >= 0.6 is 0 Å². The first-order valence-electron chi connectivity index (χ1n) is 11.9. The second kappa shape index (κ2) is 10.3. The van der Waals surface area contributed by atoms with E-state index < -0.39 is 0 Å². The molecule has 31 heavy (non-hydrogen) atoms. The lowest BCUT2D eigenvalue weighted by atomic mass is 9.88. The van der Waals surface area contributed by atoms with Crippen molar-refractivity contribution in [3.8, 4) is 0 Å². The van der Waals surface area contributed by atoms with Crippen LogP contribution in [0.4, 0.5) is 11.5 Å². The maximum Gasteiger partial charge on any atom is 0.231 e. The van der Waals surface area contributed by atoms with Gasteiger partial charge in [-0.3, -0.25) is 14.6 Å². The fourth-order valence-corrected chi connectivity index (χ4v) is 4.90. The lowest BCUT2D eigenvalue weighted by molar-refractivity contribution is -0.123. The molecule has 0 N–H and O–H groups in total. The Morgan fingerprint density at radius 3 is 2.42 bits per heavy atom. The number of carbonyl (C=O) groups is 1. The molecule has 1 saturated carbocycles. The van der Waals surface area contributed by atoms with Crippen molar-refractivity contribution in [3.63, 3.8) is 0 Å². The predicted molar refractivity (Wildman–Crippen MR) is 128 cm³/mol. The Labute approximate surface area is 187 Å². The van der Waals surface area contributed by atoms with Gasteiger partial charge in [0.2, 0.25) is 5.91 Å². The van der Waals surface area contributed by atoms with Gasteiger partial charge in [0.1, 0.15) is 5.82 Å². The van der Waals surface area contributed by atoms with E-state index in [2.05, 4.69) is 52.0 Å². The van der Waals surface area contributed by atoms with Crippen molar-refractivity contribution in [3.05, 3.63) is 53.7 Å². The topological polar surface area (TPSA) is 39.7 Å². The first-order chi connectivity index (χ1) is 15.1. The van der Waals surface area contributed by atoms with Gasteiger partial charge in [-0.1, -0.05) is 43.5 Å². The molecule has 1 amide bonds. The van der Waals surface area contributed by atoms with Gasteiger partial charge < -0.3 is 4.90 Å². The third-order valence-electron chi connectivity index (χ3n) is 6.86. The Bertz CT molecular complexity index is 852. The number of aromatic nitrogens is 1. The van der Waals surface area contributed by atoms with Crippen molar-refractivity contribution in [2.75, 3.05) is 49.1 Å². The number of para-hydroxylation sites is 1. The molecular formula is C26H36N4O. The van der Waals surface area contributed by atoms with Crippen LogP contribution in [0.1, 0.15) is 43.2 Å². The van der Waals surface area contributed by atoms with Gasteiger partial charge in [-0.2, -0.15) is 0 Å². The minimum absolute atomic E-state index is 0.162. The zero-order chi connectivity index (χ0) is 21.6. The second-order valence-electron chi connectivity index (χ2n) is 9.13. The molecular weight excluding hydrogens is 384 g/mol. The molecule has 1 aromatic carbocycles. The molecule has 0 unspecified atom stereocenters. The number of piperazine rings is 1. The number of rotatable bonds is 6. The van der Waals surface area contributed by atoms with Gasteiger partial charge in [0.15, 0.2) is 0 Å². The molecule has 0 bridgehead atoms. The number of pyridine rings is 1. The average molecular weight is 421 g/mol. The van der Waals surface area contributed by atoms with E-state index in [0.717, 1.165) is 63.5 Å². The van der Waals surface area contributed by atoms with Crippen molar-refractivity contribution in [2.45, 2.75) is 46.0 Å². The van der Waals surface area contributed by atoms with E-state index in [4.69, 9.17) is 0 Å². The molecule has 1 aromatic heterocycles. The fraction of sp³-hybridized carbons (Fsp3) is 0.538. The fourth-order valence-electron chi connectivity index (χ4n) is 4.90. The van der Waals surface area contributed by atoms with Gasteiger partial charge in [0.25, 0.3) is 0 Å². The number of hydrogen-bond acceptors (Lipinski definition) is 4. The standard InChI is InChI=1S/C26H36N4O/c1-21-12-13-25(27-20-21)30(26(31)23-9-4-3-5-10-23)19-16-28-14-17-29(18-15-28)24-11-7-6-8-22(24)2/h6-8,11-13,20,23H,3-5,9-10,14-19H2,1-2H3. The lowest BCUT2D eigenvalue weighted by Crippen LogP contribution is -2.50. The highest BCUT2D eigenvalue weighted by Gasteiger charge is 2.28. The molecule has 1 saturated heterocycles. The Morgan fingerprint density at radius 2 is 1.74 bits per heavy atom. The van der Waals surface area contributed by atoms with Crippen molar-refractivity contribution >= 4 is 17.4 Å². The van der Waals surface area contributed by atoms with Crippen LogP contribution in [0, 0.1) is 19.8 Å². The molecule has 1 aliphatic carbocycles. The number of anilines is 2. The van der Waals surface area contributed by atoms with Crippen LogP contribution in [0.5, 0.6) is 0 Å². The van der Waals surface area contributed by atoms with E-state index in [9.17, 15) is 4.79 Å². The van der Waals surface area contributed by atoms with Crippen LogP contribution in [-0.2, 0) is 4.79 Å². The molecule has 5 heteroatoms. The highest BCUT2D eigenvalue weighted by molar-refractivity contribution is 5.94. The summed E-state index contributed by atoms with van der Waals surface area (Å²) in [4.78, 5) is 24.9. The van der Waals surface area contributed by atoms with Gasteiger partial charge in [-0.25, -0.2) is 4.98 Å². The minimum Gasteiger partial charge on any atom is -0.369 e. The molecule has 5 nitrogen and oxygen atoms in total. The summed E-state index contributed by atoms with van der Waals surface area (Å²) in [5.41, 5.74) is 3.81. The Balaban J connectivity index is 1.38. The average Bonchev–Trinajstić information content (AvgIpc) is 2.81. The van der Waals surface area contributed by atoms with E-state index in [0.29, 0.717) is 0 Å². The molecule has 4 rings (SSSR count). The normalized spacial score (nSPS) is 18.2. The van der Waals surface area contributed by atoms with Crippen molar-refractivity contribution < 1.29 is 4.79 Å². The molecule has 2 fully saturated rings. The zero-order valence-electron chi connectivity index (χ0n) is 19.1. The van der Waals surface area contributed by atoms with Gasteiger partial charge in [-0.05, 0) is 49.9 Å². The summed E-state index contributed by atoms with van der Waals surface area (Å²) in [6.07, 6.45) is 7.53. The number of nitrogens with zero attached hydrogens (tertiary/aromatic N) is 4. The summed E-state index contributed by atoms with van der Waals surface area (Å²) in [6, 6.07) is 12.7. The smallest absolute Gasteiger partial charge is 0.231 e. The third-order valence-corrected chi connectivity index (χ3v) is 6.86. The lowest BCUT2D eigenvalue weighted by Gasteiger charge is -2.38. The van der Waals surface area contributed by atoms with Crippen molar-refractivity contribution in [1.82, 2.24) is 9.88 Å². The van der Waals surface area contributed by atoms with Gasteiger partial charge in [0.05, 0.1) is 0 Å². The van der Waals surface area contributed by atoms with Crippen LogP contribution in [0.2, 0.25) is 0 Å². The first-order valence-corrected chi connectivity index (χ1v) is 11.9. The van der Waals surface area contributed by atoms with Crippen LogP contribution in [-0.4, -0.2) is 55.1 Å². The van der Waals surface area contributed by atoms with Crippen LogP contribution < -0.4 is 9.80 Å². The summed E-state index contributed by atoms with van der Waals surface area (Å²) in [5.74, 6) is 1.24. The molecule has 0 radical (unpaired) electrons. The molecule has 0 spiro atoms. The summed E-state index contributed by atoms with van der Waals surface area (Å²) < 4.78 is 0. The van der Waals surface area contributed by atoms with Crippen LogP contribution in [0.15, 0.2) is 42.6 Å². The van der Waals surface area contributed by atoms with Crippen molar-refractivity contribution in [1.29, 1.82) is 0 Å². The highest BCUT2D eigenvalue weighted by atomic mass is 16.2. The third kappa shape index (κ3) is 5.45. The maximum absolute atomic E-state index is 13.4. The quantitative estimate of drug-likeness (QED) is 0.693. The molecule has 0 atom stereocenters. The summed E-state index contributed by atoms with van der Waals surface area (Å²) in [5, 5.41) is 0. The van der Waals surface area contributed by atoms with Gasteiger partial charge >= 0.3 is 0 Å². The Hall–Kier alpha value is -2.40. The highest BCUT2D eigenvalue weighted by Crippen LogP contribution is 2.27.